The van der Waals surface area contributed by atoms with E-state index in [1.54, 1.807) is 12.1 Å². The highest BCUT2D eigenvalue weighted by Gasteiger charge is 2.30. The Bertz CT molecular complexity index is 1070. The van der Waals surface area contributed by atoms with E-state index >= 15 is 0 Å². The fraction of sp³-hybridized carbons (Fsp3) is 0.320. The smallest absolute Gasteiger partial charge is 0.326 e. The number of likely N-dealkylation sites (tertiary alicyclic amines) is 1. The molecule has 3 aromatic rings. The predicted molar refractivity (Wildman–Crippen MR) is 118 cm³/mol. The van der Waals surface area contributed by atoms with Crippen LogP contribution in [0.5, 0.6) is 0 Å². The van der Waals surface area contributed by atoms with E-state index in [0.717, 1.165) is 50.2 Å². The van der Waals surface area contributed by atoms with Crippen LogP contribution in [0, 0.1) is 11.7 Å². The molecule has 4 rings (SSSR count). The second kappa shape index (κ2) is 9.79. The van der Waals surface area contributed by atoms with Gasteiger partial charge in [0.15, 0.2) is 0 Å². The summed E-state index contributed by atoms with van der Waals surface area (Å²) >= 11 is 0. The molecule has 0 bridgehead atoms. The van der Waals surface area contributed by atoms with E-state index in [0.29, 0.717) is 23.7 Å². The Morgan fingerprint density at radius 1 is 0.970 bits per heavy atom. The zero-order chi connectivity index (χ0) is 23.4. The molecule has 1 saturated heterocycles. The van der Waals surface area contributed by atoms with E-state index < -0.39 is 11.7 Å². The molecule has 0 atom stereocenters. The van der Waals surface area contributed by atoms with Crippen molar-refractivity contribution in [2.75, 3.05) is 18.4 Å². The quantitative estimate of drug-likeness (QED) is 0.468. The maximum atomic E-state index is 13.0. The van der Waals surface area contributed by atoms with Gasteiger partial charge < -0.3 is 9.88 Å². The largest absolute Gasteiger partial charge is 0.416 e. The Morgan fingerprint density at radius 3 is 2.27 bits per heavy atom. The van der Waals surface area contributed by atoms with E-state index in [4.69, 9.17) is 0 Å². The molecular formula is C25H25F4N3O. The minimum Gasteiger partial charge on any atom is -0.326 e. The first-order chi connectivity index (χ1) is 15.8. The van der Waals surface area contributed by atoms with Gasteiger partial charge in [-0.25, -0.2) is 4.39 Å². The molecule has 1 aromatic heterocycles. The van der Waals surface area contributed by atoms with Crippen molar-refractivity contribution in [3.63, 3.8) is 0 Å². The standard InChI is InChI=1S/C25H25F4N3O/c26-21-3-5-22(6-4-21)30-24(33)15-18-9-12-31(13-10-18)16-19-11-14-32(17-19)23-7-1-20(2-8-23)25(27,28)29/h1-8,11,14,17-18H,9-10,12-13,15-16H2,(H,30,33). The number of hydrogen-bond acceptors (Lipinski definition) is 2. The van der Waals surface area contributed by atoms with Gasteiger partial charge in [0, 0.05) is 36.7 Å². The third-order valence-electron chi connectivity index (χ3n) is 5.96. The number of aromatic nitrogens is 1. The summed E-state index contributed by atoms with van der Waals surface area (Å²) in [5.41, 5.74) is 1.70. The highest BCUT2D eigenvalue weighted by Crippen LogP contribution is 2.30. The van der Waals surface area contributed by atoms with Crippen LogP contribution in [0.2, 0.25) is 0 Å². The van der Waals surface area contributed by atoms with Crippen LogP contribution in [-0.2, 0) is 17.5 Å². The Kier molecular flexibility index (Phi) is 6.83. The molecule has 1 N–H and O–H groups in total. The molecule has 4 nitrogen and oxygen atoms in total. The summed E-state index contributed by atoms with van der Waals surface area (Å²) in [6.07, 6.45) is 1.71. The van der Waals surface area contributed by atoms with Crippen LogP contribution < -0.4 is 5.32 Å². The molecule has 0 aliphatic carbocycles. The number of hydrogen-bond donors (Lipinski definition) is 1. The van der Waals surface area contributed by atoms with E-state index in [9.17, 15) is 22.4 Å². The number of anilines is 1. The van der Waals surface area contributed by atoms with Crippen LogP contribution in [0.4, 0.5) is 23.2 Å². The van der Waals surface area contributed by atoms with Gasteiger partial charge in [0.2, 0.25) is 5.91 Å². The summed E-state index contributed by atoms with van der Waals surface area (Å²) in [7, 11) is 0. The number of nitrogens with zero attached hydrogens (tertiary/aromatic N) is 2. The fourth-order valence-electron chi connectivity index (χ4n) is 4.13. The van der Waals surface area contributed by atoms with Crippen LogP contribution in [0.1, 0.15) is 30.4 Å². The molecular weight excluding hydrogens is 434 g/mol. The van der Waals surface area contributed by atoms with Crippen LogP contribution >= 0.6 is 0 Å². The number of piperidine rings is 1. The van der Waals surface area contributed by atoms with Crippen molar-refractivity contribution in [1.82, 2.24) is 9.47 Å². The number of carbonyl (C=O) groups is 1. The summed E-state index contributed by atoms with van der Waals surface area (Å²) in [5.74, 6) is -0.0952. The summed E-state index contributed by atoms with van der Waals surface area (Å²) in [6, 6.07) is 12.8. The van der Waals surface area contributed by atoms with Gasteiger partial charge in [0.25, 0.3) is 0 Å². The van der Waals surface area contributed by atoms with Gasteiger partial charge in [-0.3, -0.25) is 9.69 Å². The predicted octanol–water partition coefficient (Wildman–Crippen LogP) is 5.88. The van der Waals surface area contributed by atoms with Gasteiger partial charge in [-0.15, -0.1) is 0 Å². The molecule has 1 aliphatic rings. The van der Waals surface area contributed by atoms with Crippen molar-refractivity contribution in [3.05, 3.63) is 83.9 Å². The number of rotatable bonds is 6. The van der Waals surface area contributed by atoms with Crippen LogP contribution in [-0.4, -0.2) is 28.5 Å². The molecule has 1 aliphatic heterocycles. The molecule has 8 heteroatoms. The van der Waals surface area contributed by atoms with Gasteiger partial charge >= 0.3 is 6.18 Å². The summed E-state index contributed by atoms with van der Waals surface area (Å²) in [5, 5.41) is 2.81. The van der Waals surface area contributed by atoms with Gasteiger partial charge in [-0.05, 0) is 92.0 Å². The minimum atomic E-state index is -4.34. The number of nitrogens with one attached hydrogen (secondary N) is 1. The van der Waals surface area contributed by atoms with Crippen molar-refractivity contribution >= 4 is 11.6 Å². The zero-order valence-corrected chi connectivity index (χ0v) is 18.0. The molecule has 0 spiro atoms. The zero-order valence-electron chi connectivity index (χ0n) is 18.0. The summed E-state index contributed by atoms with van der Waals surface area (Å²) in [4.78, 5) is 14.6. The molecule has 0 unspecified atom stereocenters. The lowest BCUT2D eigenvalue weighted by Crippen LogP contribution is -2.34. The number of halogens is 4. The monoisotopic (exact) mass is 459 g/mol. The first kappa shape index (κ1) is 23.0. The lowest BCUT2D eigenvalue weighted by atomic mass is 9.93. The van der Waals surface area contributed by atoms with Crippen molar-refractivity contribution in [1.29, 1.82) is 0 Å². The van der Waals surface area contributed by atoms with Crippen LogP contribution in [0.3, 0.4) is 0 Å². The third kappa shape index (κ3) is 6.22. The lowest BCUT2D eigenvalue weighted by molar-refractivity contribution is -0.137. The van der Waals surface area contributed by atoms with E-state index in [2.05, 4.69) is 10.2 Å². The van der Waals surface area contributed by atoms with Crippen LogP contribution in [0.15, 0.2) is 67.0 Å². The molecule has 0 radical (unpaired) electrons. The first-order valence-electron chi connectivity index (χ1n) is 10.9. The molecule has 1 fully saturated rings. The lowest BCUT2D eigenvalue weighted by Gasteiger charge is -2.31. The van der Waals surface area contributed by atoms with Crippen molar-refractivity contribution in [3.8, 4) is 5.69 Å². The second-order valence-electron chi connectivity index (χ2n) is 8.45. The van der Waals surface area contributed by atoms with Crippen molar-refractivity contribution < 1.29 is 22.4 Å². The van der Waals surface area contributed by atoms with Crippen molar-refractivity contribution in [2.45, 2.75) is 32.0 Å². The maximum Gasteiger partial charge on any atom is 0.416 e. The fourth-order valence-corrected chi connectivity index (χ4v) is 4.13. The van der Waals surface area contributed by atoms with Gasteiger partial charge in [-0.2, -0.15) is 13.2 Å². The van der Waals surface area contributed by atoms with Crippen LogP contribution in [0.25, 0.3) is 5.69 Å². The minimum absolute atomic E-state index is 0.0614. The highest BCUT2D eigenvalue weighted by molar-refractivity contribution is 5.90. The Morgan fingerprint density at radius 2 is 1.64 bits per heavy atom. The average molecular weight is 459 g/mol. The normalized spacial score (nSPS) is 15.5. The second-order valence-corrected chi connectivity index (χ2v) is 8.45. The number of benzene rings is 2. The topological polar surface area (TPSA) is 37.3 Å². The van der Waals surface area contributed by atoms with E-state index in [1.807, 2.05) is 23.0 Å². The van der Waals surface area contributed by atoms with Crippen molar-refractivity contribution in [2.24, 2.45) is 5.92 Å². The summed E-state index contributed by atoms with van der Waals surface area (Å²) < 4.78 is 53.0. The van der Waals surface area contributed by atoms with Gasteiger partial charge in [0.1, 0.15) is 5.82 Å². The van der Waals surface area contributed by atoms with E-state index in [1.165, 1.54) is 24.3 Å². The van der Waals surface area contributed by atoms with Gasteiger partial charge in [-0.1, -0.05) is 0 Å². The highest BCUT2D eigenvalue weighted by atomic mass is 19.4. The molecule has 1 amide bonds. The van der Waals surface area contributed by atoms with Gasteiger partial charge in [0.05, 0.1) is 5.56 Å². The molecule has 33 heavy (non-hydrogen) atoms. The SMILES string of the molecule is O=C(CC1CCN(Cc2ccn(-c3ccc(C(F)(F)F)cc3)c2)CC1)Nc1ccc(F)cc1. The maximum absolute atomic E-state index is 13.0. The molecule has 2 aromatic carbocycles. The van der Waals surface area contributed by atoms with E-state index in [-0.39, 0.29) is 11.7 Å². The number of amides is 1. The molecule has 0 saturated carbocycles. The number of carbonyl (C=O) groups excluding carboxylic acids is 1. The average Bonchev–Trinajstić information content (AvgIpc) is 3.25. The molecule has 174 valence electrons. The first-order valence-corrected chi connectivity index (χ1v) is 10.9. The Hall–Kier alpha value is -3.13. The Labute approximate surface area is 189 Å². The third-order valence-corrected chi connectivity index (χ3v) is 5.96. The Balaban J connectivity index is 1.24. The summed E-state index contributed by atoms with van der Waals surface area (Å²) in [6.45, 7) is 2.50. The number of alkyl halides is 3. The molecule has 2 heterocycles.